The van der Waals surface area contributed by atoms with Crippen molar-refractivity contribution in [2.24, 2.45) is 0 Å². The van der Waals surface area contributed by atoms with Gasteiger partial charge in [-0.3, -0.25) is 9.48 Å². The van der Waals surface area contributed by atoms with Crippen molar-refractivity contribution in [3.8, 4) is 5.75 Å². The lowest BCUT2D eigenvalue weighted by Gasteiger charge is -2.12. The molecule has 0 spiro atoms. The third-order valence-corrected chi connectivity index (χ3v) is 4.06. The summed E-state index contributed by atoms with van der Waals surface area (Å²) in [7, 11) is 0. The smallest absolute Gasteiger partial charge is 0.255 e. The molecule has 0 fully saturated rings. The number of amides is 1. The van der Waals surface area contributed by atoms with Crippen molar-refractivity contribution in [3.63, 3.8) is 0 Å². The molecule has 26 heavy (non-hydrogen) atoms. The molecular weight excluding hydrogens is 326 g/mol. The summed E-state index contributed by atoms with van der Waals surface area (Å²) in [4.78, 5) is 12.7. The van der Waals surface area contributed by atoms with E-state index < -0.39 is 0 Å². The fraction of sp³-hybridized carbons (Fsp3) is 0.238. The van der Waals surface area contributed by atoms with Crippen molar-refractivity contribution in [2.45, 2.75) is 27.3 Å². The predicted octanol–water partition coefficient (Wildman–Crippen LogP) is 4.20. The number of ether oxygens (including phenoxy) is 1. The topological polar surface area (TPSA) is 56.1 Å². The number of carbonyl (C=O) groups is 1. The molecule has 1 N–H and O–H groups in total. The summed E-state index contributed by atoms with van der Waals surface area (Å²) in [6.07, 6.45) is 0. The molecule has 3 aromatic rings. The molecule has 134 valence electrons. The van der Waals surface area contributed by atoms with Crippen molar-refractivity contribution in [1.29, 1.82) is 0 Å². The molecule has 1 aromatic heterocycles. The normalized spacial score (nSPS) is 10.6. The maximum atomic E-state index is 12.7. The van der Waals surface area contributed by atoms with Gasteiger partial charge in [0.2, 0.25) is 0 Å². The number of hydrogen-bond acceptors (Lipinski definition) is 3. The zero-order valence-electron chi connectivity index (χ0n) is 15.3. The van der Waals surface area contributed by atoms with Gasteiger partial charge in [0, 0.05) is 11.3 Å². The third-order valence-electron chi connectivity index (χ3n) is 4.06. The molecule has 0 unspecified atom stereocenters. The molecule has 0 aliphatic rings. The van der Waals surface area contributed by atoms with Gasteiger partial charge in [0.25, 0.3) is 5.91 Å². The minimum absolute atomic E-state index is 0.160. The lowest BCUT2D eigenvalue weighted by atomic mass is 10.1. The Kier molecular flexibility index (Phi) is 5.37. The maximum Gasteiger partial charge on any atom is 0.255 e. The number of rotatable bonds is 6. The molecule has 5 heteroatoms. The first kappa shape index (κ1) is 17.7. The Labute approximate surface area is 153 Å². The fourth-order valence-corrected chi connectivity index (χ4v) is 2.86. The van der Waals surface area contributed by atoms with E-state index in [0.717, 1.165) is 17.0 Å². The molecule has 0 atom stereocenters. The van der Waals surface area contributed by atoms with E-state index in [1.54, 1.807) is 0 Å². The van der Waals surface area contributed by atoms with Crippen molar-refractivity contribution >= 4 is 11.6 Å². The first-order valence-corrected chi connectivity index (χ1v) is 8.70. The maximum absolute atomic E-state index is 12.7. The standard InChI is InChI=1S/C21H23N3O2/c1-4-26-20-11-6-5-10-19(20)22-21(25)18-9-7-8-17(13-18)14-24-16(3)12-15(2)23-24/h5-13H,4,14H2,1-3H3,(H,22,25). The van der Waals surface area contributed by atoms with E-state index in [1.165, 1.54) is 0 Å². The lowest BCUT2D eigenvalue weighted by Crippen LogP contribution is -2.13. The van der Waals surface area contributed by atoms with E-state index in [4.69, 9.17) is 4.74 Å². The molecule has 0 bridgehead atoms. The van der Waals surface area contributed by atoms with E-state index in [1.807, 2.05) is 80.1 Å². The van der Waals surface area contributed by atoms with Gasteiger partial charge < -0.3 is 10.1 Å². The van der Waals surface area contributed by atoms with E-state index >= 15 is 0 Å². The molecule has 0 aliphatic heterocycles. The lowest BCUT2D eigenvalue weighted by molar-refractivity contribution is 0.102. The highest BCUT2D eigenvalue weighted by Crippen LogP contribution is 2.24. The van der Waals surface area contributed by atoms with Crippen molar-refractivity contribution in [2.75, 3.05) is 11.9 Å². The Balaban J connectivity index is 1.77. The molecule has 5 nitrogen and oxygen atoms in total. The second-order valence-electron chi connectivity index (χ2n) is 6.17. The fourth-order valence-electron chi connectivity index (χ4n) is 2.86. The zero-order valence-corrected chi connectivity index (χ0v) is 15.3. The Morgan fingerprint density at radius 3 is 2.65 bits per heavy atom. The largest absolute Gasteiger partial charge is 0.492 e. The van der Waals surface area contributed by atoms with Crippen LogP contribution in [0.5, 0.6) is 5.75 Å². The van der Waals surface area contributed by atoms with E-state index in [9.17, 15) is 4.79 Å². The van der Waals surface area contributed by atoms with Crippen molar-refractivity contribution in [1.82, 2.24) is 9.78 Å². The van der Waals surface area contributed by atoms with Crippen LogP contribution in [0.4, 0.5) is 5.69 Å². The molecule has 1 amide bonds. The second-order valence-corrected chi connectivity index (χ2v) is 6.17. The first-order chi connectivity index (χ1) is 12.6. The highest BCUT2D eigenvalue weighted by Gasteiger charge is 2.11. The van der Waals surface area contributed by atoms with Gasteiger partial charge in [-0.25, -0.2) is 0 Å². The molecule has 3 rings (SSSR count). The van der Waals surface area contributed by atoms with Gasteiger partial charge >= 0.3 is 0 Å². The van der Waals surface area contributed by atoms with E-state index in [2.05, 4.69) is 10.4 Å². The number of anilines is 1. The SMILES string of the molecule is CCOc1ccccc1NC(=O)c1cccc(Cn2nc(C)cc2C)c1. The van der Waals surface area contributed by atoms with Gasteiger partial charge in [0.05, 0.1) is 24.5 Å². The third kappa shape index (κ3) is 4.11. The van der Waals surface area contributed by atoms with E-state index in [-0.39, 0.29) is 5.91 Å². The number of aromatic nitrogens is 2. The van der Waals surface area contributed by atoms with Crippen LogP contribution in [0.2, 0.25) is 0 Å². The van der Waals surface area contributed by atoms with Gasteiger partial charge in [-0.15, -0.1) is 0 Å². The van der Waals surface area contributed by atoms with Gasteiger partial charge in [0.15, 0.2) is 0 Å². The van der Waals surface area contributed by atoms with E-state index in [0.29, 0.717) is 30.2 Å². The summed E-state index contributed by atoms with van der Waals surface area (Å²) >= 11 is 0. The number of nitrogens with one attached hydrogen (secondary N) is 1. The summed E-state index contributed by atoms with van der Waals surface area (Å²) in [5.74, 6) is 0.509. The van der Waals surface area contributed by atoms with Crippen LogP contribution >= 0.6 is 0 Å². The van der Waals surface area contributed by atoms with Crippen molar-refractivity contribution < 1.29 is 9.53 Å². The summed E-state index contributed by atoms with van der Waals surface area (Å²) in [6, 6.07) is 17.1. The number of carbonyl (C=O) groups excluding carboxylic acids is 1. The number of benzene rings is 2. The van der Waals surface area contributed by atoms with Crippen LogP contribution < -0.4 is 10.1 Å². The van der Waals surface area contributed by atoms with Crippen molar-refractivity contribution in [3.05, 3.63) is 77.1 Å². The molecule has 2 aromatic carbocycles. The summed E-state index contributed by atoms with van der Waals surface area (Å²) in [5, 5.41) is 7.41. The monoisotopic (exact) mass is 349 g/mol. The van der Waals surface area contributed by atoms with Crippen LogP contribution in [-0.4, -0.2) is 22.3 Å². The highest BCUT2D eigenvalue weighted by atomic mass is 16.5. The van der Waals surface area contributed by atoms with Crippen LogP contribution in [0.25, 0.3) is 0 Å². The second kappa shape index (κ2) is 7.87. The van der Waals surface area contributed by atoms with Gasteiger partial charge in [-0.2, -0.15) is 5.10 Å². The van der Waals surface area contributed by atoms with Crippen LogP contribution in [0, 0.1) is 13.8 Å². The quantitative estimate of drug-likeness (QED) is 0.726. The van der Waals surface area contributed by atoms with Crippen LogP contribution in [0.15, 0.2) is 54.6 Å². The molecule has 0 radical (unpaired) electrons. The van der Waals surface area contributed by atoms with Crippen LogP contribution in [0.3, 0.4) is 0 Å². The van der Waals surface area contributed by atoms with Crippen LogP contribution in [-0.2, 0) is 6.54 Å². The summed E-state index contributed by atoms with van der Waals surface area (Å²) in [5.41, 5.74) is 4.40. The molecular formula is C21H23N3O2. The van der Waals surface area contributed by atoms with Crippen LogP contribution in [0.1, 0.15) is 34.2 Å². The number of nitrogens with zero attached hydrogens (tertiary/aromatic N) is 2. The van der Waals surface area contributed by atoms with Gasteiger partial charge in [0.1, 0.15) is 5.75 Å². The Bertz CT molecular complexity index is 915. The minimum atomic E-state index is -0.160. The summed E-state index contributed by atoms with van der Waals surface area (Å²) in [6.45, 7) is 7.10. The average Bonchev–Trinajstić information content (AvgIpc) is 2.94. The first-order valence-electron chi connectivity index (χ1n) is 8.70. The Morgan fingerprint density at radius 1 is 1.12 bits per heavy atom. The van der Waals surface area contributed by atoms with Gasteiger partial charge in [-0.05, 0) is 56.7 Å². The molecule has 0 saturated carbocycles. The minimum Gasteiger partial charge on any atom is -0.492 e. The summed E-state index contributed by atoms with van der Waals surface area (Å²) < 4.78 is 7.51. The molecule has 1 heterocycles. The number of para-hydroxylation sites is 2. The molecule has 0 aliphatic carbocycles. The predicted molar refractivity (Wildman–Crippen MR) is 103 cm³/mol. The van der Waals surface area contributed by atoms with Gasteiger partial charge in [-0.1, -0.05) is 24.3 Å². The number of aryl methyl sites for hydroxylation is 2. The Morgan fingerprint density at radius 2 is 1.92 bits per heavy atom. The average molecular weight is 349 g/mol. The highest BCUT2D eigenvalue weighted by molar-refractivity contribution is 6.05. The molecule has 0 saturated heterocycles. The Hall–Kier alpha value is -3.08. The number of hydrogen-bond donors (Lipinski definition) is 1. The zero-order chi connectivity index (χ0) is 18.5.